The first-order valence-corrected chi connectivity index (χ1v) is 4.04. The summed E-state index contributed by atoms with van der Waals surface area (Å²) in [6.07, 6.45) is -2.07. The van der Waals surface area contributed by atoms with Crippen molar-refractivity contribution in [2.24, 2.45) is 5.73 Å². The lowest BCUT2D eigenvalue weighted by Crippen LogP contribution is -2.07. The number of alkyl halides is 2. The van der Waals surface area contributed by atoms with E-state index in [1.165, 1.54) is 13.0 Å². The van der Waals surface area contributed by atoms with E-state index in [9.17, 15) is 13.6 Å². The van der Waals surface area contributed by atoms with Gasteiger partial charge >= 0.3 is 0 Å². The second-order valence-electron chi connectivity index (χ2n) is 2.83. The molecule has 3 nitrogen and oxygen atoms in total. The Morgan fingerprint density at radius 2 is 2.29 bits per heavy atom. The molecule has 5 heteroatoms. The molecule has 0 amide bonds. The van der Waals surface area contributed by atoms with E-state index in [1.807, 2.05) is 0 Å². The lowest BCUT2D eigenvalue weighted by Gasteiger charge is -2.08. The molecule has 0 aromatic carbocycles. The summed E-state index contributed by atoms with van der Waals surface area (Å²) >= 11 is 0. The molecule has 0 aliphatic heterocycles. The van der Waals surface area contributed by atoms with E-state index in [1.54, 1.807) is 0 Å². The van der Waals surface area contributed by atoms with Crippen molar-refractivity contribution in [2.75, 3.05) is 0 Å². The van der Waals surface area contributed by atoms with Crippen LogP contribution in [0.5, 0.6) is 0 Å². The van der Waals surface area contributed by atoms with Crippen LogP contribution in [0.1, 0.15) is 33.7 Å². The SMILES string of the molecule is Cc1nc(C=O)c(CN)cc1C(F)F. The number of aldehydes is 1. The highest BCUT2D eigenvalue weighted by Gasteiger charge is 2.14. The Kier molecular flexibility index (Phi) is 3.24. The van der Waals surface area contributed by atoms with Crippen LogP contribution in [0.3, 0.4) is 0 Å². The molecule has 0 fully saturated rings. The number of hydrogen-bond acceptors (Lipinski definition) is 3. The van der Waals surface area contributed by atoms with Crippen molar-refractivity contribution in [3.05, 3.63) is 28.6 Å². The van der Waals surface area contributed by atoms with E-state index in [-0.39, 0.29) is 23.5 Å². The van der Waals surface area contributed by atoms with Gasteiger partial charge in [0, 0.05) is 17.8 Å². The summed E-state index contributed by atoms with van der Waals surface area (Å²) < 4.78 is 24.8. The first-order chi connectivity index (χ1) is 6.60. The average molecular weight is 200 g/mol. The zero-order valence-corrected chi connectivity index (χ0v) is 7.63. The van der Waals surface area contributed by atoms with Crippen molar-refractivity contribution in [1.82, 2.24) is 4.98 Å². The molecule has 2 N–H and O–H groups in total. The highest BCUT2D eigenvalue weighted by Crippen LogP contribution is 2.23. The minimum atomic E-state index is -2.59. The second-order valence-corrected chi connectivity index (χ2v) is 2.83. The lowest BCUT2D eigenvalue weighted by molar-refractivity contribution is 0.111. The van der Waals surface area contributed by atoms with Crippen LogP contribution >= 0.6 is 0 Å². The average Bonchev–Trinajstić information content (AvgIpc) is 2.16. The van der Waals surface area contributed by atoms with Gasteiger partial charge in [0.2, 0.25) is 0 Å². The first kappa shape index (κ1) is 10.7. The quantitative estimate of drug-likeness (QED) is 0.754. The topological polar surface area (TPSA) is 56.0 Å². The molecule has 0 radical (unpaired) electrons. The molecular weight excluding hydrogens is 190 g/mol. The van der Waals surface area contributed by atoms with Crippen LogP contribution < -0.4 is 5.73 Å². The van der Waals surface area contributed by atoms with Gasteiger partial charge in [0.1, 0.15) is 5.69 Å². The van der Waals surface area contributed by atoms with Crippen molar-refractivity contribution >= 4 is 6.29 Å². The molecule has 1 heterocycles. The fraction of sp³-hybridized carbons (Fsp3) is 0.333. The Morgan fingerprint density at radius 3 is 2.71 bits per heavy atom. The van der Waals surface area contributed by atoms with Crippen LogP contribution in [0.25, 0.3) is 0 Å². The fourth-order valence-corrected chi connectivity index (χ4v) is 1.17. The van der Waals surface area contributed by atoms with Gasteiger partial charge in [-0.25, -0.2) is 13.8 Å². The number of carbonyl (C=O) groups is 1. The smallest absolute Gasteiger partial charge is 0.265 e. The summed E-state index contributed by atoms with van der Waals surface area (Å²) in [4.78, 5) is 14.3. The Labute approximate surface area is 79.9 Å². The largest absolute Gasteiger partial charge is 0.326 e. The van der Waals surface area contributed by atoms with E-state index in [0.717, 1.165) is 0 Å². The van der Waals surface area contributed by atoms with E-state index in [4.69, 9.17) is 5.73 Å². The molecule has 0 bridgehead atoms. The van der Waals surface area contributed by atoms with Crippen LogP contribution in [-0.2, 0) is 6.54 Å². The van der Waals surface area contributed by atoms with Crippen LogP contribution in [0.4, 0.5) is 8.78 Å². The number of aryl methyl sites for hydroxylation is 1. The fourth-order valence-electron chi connectivity index (χ4n) is 1.17. The summed E-state index contributed by atoms with van der Waals surface area (Å²) in [6.45, 7) is 1.47. The lowest BCUT2D eigenvalue weighted by atomic mass is 10.1. The van der Waals surface area contributed by atoms with Gasteiger partial charge < -0.3 is 5.73 Å². The molecule has 0 aliphatic rings. The Hall–Kier alpha value is -1.36. The van der Waals surface area contributed by atoms with Crippen molar-refractivity contribution in [1.29, 1.82) is 0 Å². The molecule has 0 unspecified atom stereocenters. The van der Waals surface area contributed by atoms with E-state index in [2.05, 4.69) is 4.98 Å². The summed E-state index contributed by atoms with van der Waals surface area (Å²) in [5.41, 5.74) is 5.78. The maximum Gasteiger partial charge on any atom is 0.265 e. The van der Waals surface area contributed by atoms with Gasteiger partial charge in [-0.15, -0.1) is 0 Å². The summed E-state index contributed by atoms with van der Waals surface area (Å²) in [5, 5.41) is 0. The van der Waals surface area contributed by atoms with Crippen molar-refractivity contribution in [2.45, 2.75) is 19.9 Å². The monoisotopic (exact) mass is 200 g/mol. The maximum atomic E-state index is 12.4. The van der Waals surface area contributed by atoms with Crippen molar-refractivity contribution < 1.29 is 13.6 Å². The molecule has 0 saturated heterocycles. The number of hydrogen-bond donors (Lipinski definition) is 1. The van der Waals surface area contributed by atoms with Crippen LogP contribution in [-0.4, -0.2) is 11.3 Å². The minimum Gasteiger partial charge on any atom is -0.326 e. The maximum absolute atomic E-state index is 12.4. The Bertz CT molecular complexity index is 353. The molecule has 0 spiro atoms. The van der Waals surface area contributed by atoms with Crippen molar-refractivity contribution in [3.8, 4) is 0 Å². The molecule has 1 aromatic rings. The Balaban J connectivity index is 3.30. The third-order valence-electron chi connectivity index (χ3n) is 1.93. The summed E-state index contributed by atoms with van der Waals surface area (Å²) in [6, 6.07) is 1.23. The van der Waals surface area contributed by atoms with Gasteiger partial charge in [0.25, 0.3) is 6.43 Å². The number of aromatic nitrogens is 1. The molecule has 0 saturated carbocycles. The van der Waals surface area contributed by atoms with E-state index in [0.29, 0.717) is 11.8 Å². The molecule has 0 atom stereocenters. The predicted octanol–water partition coefficient (Wildman–Crippen LogP) is 1.60. The number of carbonyl (C=O) groups excluding carboxylic acids is 1. The molecule has 76 valence electrons. The second kappa shape index (κ2) is 4.23. The zero-order chi connectivity index (χ0) is 10.7. The number of halogens is 2. The molecule has 1 rings (SSSR count). The third kappa shape index (κ3) is 1.93. The highest BCUT2D eigenvalue weighted by atomic mass is 19.3. The zero-order valence-electron chi connectivity index (χ0n) is 7.63. The normalized spacial score (nSPS) is 10.6. The van der Waals surface area contributed by atoms with E-state index >= 15 is 0 Å². The standard InChI is InChI=1S/C9H10F2N2O/c1-5-7(9(10)11)2-6(3-12)8(4-14)13-5/h2,4,9H,3,12H2,1H3. The number of pyridine rings is 1. The Morgan fingerprint density at radius 1 is 1.64 bits per heavy atom. The van der Waals surface area contributed by atoms with Gasteiger partial charge in [0.05, 0.1) is 0 Å². The molecular formula is C9H10F2N2O. The predicted molar refractivity (Wildman–Crippen MR) is 47.2 cm³/mol. The molecule has 1 aromatic heterocycles. The highest BCUT2D eigenvalue weighted by molar-refractivity contribution is 5.74. The van der Waals surface area contributed by atoms with Crippen LogP contribution in [0.2, 0.25) is 0 Å². The molecule has 14 heavy (non-hydrogen) atoms. The van der Waals surface area contributed by atoms with Gasteiger partial charge in [-0.1, -0.05) is 0 Å². The van der Waals surface area contributed by atoms with Gasteiger partial charge in [-0.3, -0.25) is 4.79 Å². The number of rotatable bonds is 3. The van der Waals surface area contributed by atoms with Crippen molar-refractivity contribution in [3.63, 3.8) is 0 Å². The van der Waals surface area contributed by atoms with E-state index < -0.39 is 6.43 Å². The first-order valence-electron chi connectivity index (χ1n) is 4.04. The summed E-state index contributed by atoms with van der Waals surface area (Å²) in [7, 11) is 0. The van der Waals surface area contributed by atoms with Gasteiger partial charge in [-0.2, -0.15) is 0 Å². The minimum absolute atomic E-state index is 0.0288. The summed E-state index contributed by atoms with van der Waals surface area (Å²) in [5.74, 6) is 0. The third-order valence-corrected chi connectivity index (χ3v) is 1.93. The van der Waals surface area contributed by atoms with Crippen LogP contribution in [0.15, 0.2) is 6.07 Å². The van der Waals surface area contributed by atoms with Gasteiger partial charge in [0.15, 0.2) is 6.29 Å². The van der Waals surface area contributed by atoms with Crippen LogP contribution in [0, 0.1) is 6.92 Å². The number of nitrogens with two attached hydrogens (primary N) is 1. The van der Waals surface area contributed by atoms with Gasteiger partial charge in [-0.05, 0) is 18.6 Å². The molecule has 0 aliphatic carbocycles. The number of nitrogens with zero attached hydrogens (tertiary/aromatic N) is 1.